The summed E-state index contributed by atoms with van der Waals surface area (Å²) in [4.78, 5) is 0. The van der Waals surface area contributed by atoms with Crippen molar-refractivity contribution < 1.29 is 21.9 Å². The molecule has 0 aromatic carbocycles. The Kier molecular flexibility index (Phi) is 1.54. The molecule has 0 aliphatic heterocycles. The number of allylic oxidation sites excluding steroid dienone is 16. The van der Waals surface area contributed by atoms with Crippen molar-refractivity contribution in [1.29, 1.82) is 0 Å². The standard InChI is InChI=1S/C16H16/c1-2-4-6-8-10-12-14-16-15-13-11-9-7-5-3-1/h1-16H/b2-1-,3-1?,4-2?,5-3+,6-4+,7-5?,8-6?,9-7+,10-8+,11-9?,12-10?,13-11-,14-12?,15-13?,16-14?,16-15+/i1D,2D,3D,4D,5D,6D,7D,8D,9D,10D,11D,12D,13D,14D,15D,16D. The van der Waals surface area contributed by atoms with Crippen molar-refractivity contribution in [3.8, 4) is 0 Å². The van der Waals surface area contributed by atoms with Gasteiger partial charge in [0.2, 0.25) is 0 Å². The van der Waals surface area contributed by atoms with Gasteiger partial charge in [-0.05, 0) is 0 Å². The molecular weight excluding hydrogens is 192 g/mol. The van der Waals surface area contributed by atoms with Gasteiger partial charge in [-0.1, -0.05) is 96.8 Å². The maximum Gasteiger partial charge on any atom is 0.0623 e. The molecule has 80 valence electrons. The van der Waals surface area contributed by atoms with Gasteiger partial charge in [-0.3, -0.25) is 0 Å². The fourth-order valence-corrected chi connectivity index (χ4v) is 0.500. The van der Waals surface area contributed by atoms with E-state index in [2.05, 4.69) is 0 Å². The summed E-state index contributed by atoms with van der Waals surface area (Å²) in [6.07, 6.45) is 0. The van der Waals surface area contributed by atoms with Gasteiger partial charge in [0, 0.05) is 0 Å². The molecule has 0 nitrogen and oxygen atoms in total. The Bertz CT molecular complexity index is 717. The Hall–Kier alpha value is -2.08. The molecule has 0 N–H and O–H groups in total. The van der Waals surface area contributed by atoms with Crippen LogP contribution in [0.3, 0.4) is 0 Å². The molecule has 0 atom stereocenters. The average Bonchev–Trinajstić information content (AvgIpc) is 2.80. The first kappa shape index (κ1) is 2.60. The monoisotopic (exact) mass is 224 g/mol. The van der Waals surface area contributed by atoms with Gasteiger partial charge in [-0.15, -0.1) is 0 Å². The molecule has 0 amide bonds. The van der Waals surface area contributed by atoms with Crippen LogP contribution in [0, 0.1) is 0 Å². The maximum atomic E-state index is 7.80. The summed E-state index contributed by atoms with van der Waals surface area (Å²) in [6.45, 7) is 0. The Labute approximate surface area is 120 Å². The zero-order valence-corrected chi connectivity index (χ0v) is 8.00. The molecule has 0 fully saturated rings. The minimum atomic E-state index is -1.13. The molecule has 1 rings (SSSR count). The number of rotatable bonds is 0. The lowest BCUT2D eigenvalue weighted by Gasteiger charge is -1.77. The second-order valence-corrected chi connectivity index (χ2v) is 2.00. The van der Waals surface area contributed by atoms with E-state index in [-0.39, 0.29) is 0 Å². The summed E-state index contributed by atoms with van der Waals surface area (Å²) in [6, 6.07) is -18.1. The van der Waals surface area contributed by atoms with Crippen molar-refractivity contribution in [3.05, 3.63) is 96.8 Å². The lowest BCUT2D eigenvalue weighted by Crippen LogP contribution is -1.55. The fraction of sp³-hybridized carbons (Fsp3) is 0. The van der Waals surface area contributed by atoms with E-state index in [0.717, 1.165) is 0 Å². The normalized spacial score (nSPS) is 71.5. The van der Waals surface area contributed by atoms with Crippen LogP contribution >= 0.6 is 0 Å². The molecular formula is C16H16. The third-order valence-electron chi connectivity index (χ3n) is 1.00. The minimum Gasteiger partial charge on any atom is -0.0623 e. The highest BCUT2D eigenvalue weighted by atomic mass is 13.7. The third kappa shape index (κ3) is 7.34. The van der Waals surface area contributed by atoms with E-state index in [0.29, 0.717) is 0 Å². The Morgan fingerprint density at radius 3 is 0.375 bits per heavy atom. The van der Waals surface area contributed by atoms with Gasteiger partial charge in [-0.25, -0.2) is 0 Å². The zero-order chi connectivity index (χ0) is 25.2. The van der Waals surface area contributed by atoms with Crippen LogP contribution in [0.5, 0.6) is 0 Å². The first-order valence-electron chi connectivity index (χ1n) is 12.0. The van der Waals surface area contributed by atoms with Crippen LogP contribution in [0.2, 0.25) is 0 Å². The highest BCUT2D eigenvalue weighted by molar-refractivity contribution is 5.23. The van der Waals surface area contributed by atoms with Gasteiger partial charge in [-0.2, -0.15) is 0 Å². The first-order valence-corrected chi connectivity index (χ1v) is 4.00. The quantitative estimate of drug-likeness (QED) is 0.570. The van der Waals surface area contributed by atoms with Crippen LogP contribution in [0.1, 0.15) is 21.9 Å². The van der Waals surface area contributed by atoms with Crippen LogP contribution in [0.4, 0.5) is 0 Å². The summed E-state index contributed by atoms with van der Waals surface area (Å²) < 4.78 is 125. The highest BCUT2D eigenvalue weighted by Gasteiger charge is 1.66. The minimum absolute atomic E-state index is 1.13. The molecule has 0 spiro atoms. The average molecular weight is 224 g/mol. The lowest BCUT2D eigenvalue weighted by atomic mass is 10.3. The van der Waals surface area contributed by atoms with Crippen molar-refractivity contribution in [2.24, 2.45) is 0 Å². The predicted octanol–water partition coefficient (Wildman–Crippen LogP) is 4.45. The van der Waals surface area contributed by atoms with Crippen LogP contribution in [0.15, 0.2) is 96.8 Å². The van der Waals surface area contributed by atoms with Crippen LogP contribution in [0.25, 0.3) is 0 Å². The predicted molar refractivity (Wildman–Crippen MR) is 73.1 cm³/mol. The molecule has 0 unspecified atom stereocenters. The molecule has 0 saturated carbocycles. The van der Waals surface area contributed by atoms with Gasteiger partial charge in [0.25, 0.3) is 0 Å². The molecule has 0 radical (unpaired) electrons. The van der Waals surface area contributed by atoms with Crippen LogP contribution in [-0.2, 0) is 0 Å². The molecule has 0 aromatic heterocycles. The van der Waals surface area contributed by atoms with Crippen molar-refractivity contribution in [1.82, 2.24) is 0 Å². The van der Waals surface area contributed by atoms with E-state index in [1.54, 1.807) is 0 Å². The Balaban J connectivity index is 4.32. The lowest BCUT2D eigenvalue weighted by molar-refractivity contribution is 1.81. The van der Waals surface area contributed by atoms with Crippen LogP contribution < -0.4 is 0 Å². The second kappa shape index (κ2) is 9.47. The molecule has 0 heteroatoms. The van der Waals surface area contributed by atoms with Crippen molar-refractivity contribution >= 4 is 0 Å². The molecule has 0 bridgehead atoms. The molecule has 0 saturated heterocycles. The summed E-state index contributed by atoms with van der Waals surface area (Å²) in [5.74, 6) is 0. The highest BCUT2D eigenvalue weighted by Crippen LogP contribution is 1.88. The topological polar surface area (TPSA) is 0 Å². The fourth-order valence-electron chi connectivity index (χ4n) is 0.500. The van der Waals surface area contributed by atoms with E-state index in [4.69, 9.17) is 21.9 Å². The largest absolute Gasteiger partial charge is 0.0623 e. The van der Waals surface area contributed by atoms with E-state index >= 15 is 0 Å². The van der Waals surface area contributed by atoms with Crippen molar-refractivity contribution in [2.75, 3.05) is 0 Å². The zero-order valence-electron chi connectivity index (χ0n) is 24.0. The summed E-state index contributed by atoms with van der Waals surface area (Å²) >= 11 is 0. The Morgan fingerprint density at radius 2 is 0.312 bits per heavy atom. The van der Waals surface area contributed by atoms with E-state index in [9.17, 15) is 0 Å². The molecule has 1 aliphatic rings. The third-order valence-corrected chi connectivity index (χ3v) is 1.00. The second-order valence-electron chi connectivity index (χ2n) is 2.00. The number of hydrogen-bond donors (Lipinski definition) is 0. The SMILES string of the molecule is [2H]C1=C([2H])C(/[2H])=C([2H])/C([2H])=C([2H])/C([2H])=C([2H])\C([2H])=C([2H])\C([2H])=C([2H])\C([2H])=C([2H])/C([2H])=C/1[2H]. The molecule has 1 aliphatic carbocycles. The number of hydrogen-bond acceptors (Lipinski definition) is 0. The molecule has 0 heterocycles. The van der Waals surface area contributed by atoms with Gasteiger partial charge in [0.15, 0.2) is 0 Å². The molecule has 0 aromatic rings. The van der Waals surface area contributed by atoms with Gasteiger partial charge in [0.1, 0.15) is 0 Å². The first-order chi connectivity index (χ1) is 14.6. The summed E-state index contributed by atoms with van der Waals surface area (Å²) in [7, 11) is 0. The van der Waals surface area contributed by atoms with E-state index < -0.39 is 96.8 Å². The van der Waals surface area contributed by atoms with Gasteiger partial charge >= 0.3 is 0 Å². The Morgan fingerprint density at radius 1 is 0.250 bits per heavy atom. The molecule has 16 heavy (non-hydrogen) atoms. The van der Waals surface area contributed by atoms with Crippen molar-refractivity contribution in [3.63, 3.8) is 0 Å². The van der Waals surface area contributed by atoms with Crippen LogP contribution in [-0.4, -0.2) is 0 Å². The van der Waals surface area contributed by atoms with Gasteiger partial charge < -0.3 is 0 Å². The van der Waals surface area contributed by atoms with E-state index in [1.807, 2.05) is 0 Å². The smallest absolute Gasteiger partial charge is 0.0623 e. The summed E-state index contributed by atoms with van der Waals surface area (Å²) in [5.41, 5.74) is 0. The van der Waals surface area contributed by atoms with Crippen molar-refractivity contribution in [2.45, 2.75) is 0 Å². The van der Waals surface area contributed by atoms with Gasteiger partial charge in [0.05, 0.1) is 21.9 Å². The maximum absolute atomic E-state index is 7.80. The van der Waals surface area contributed by atoms with E-state index in [1.165, 1.54) is 0 Å². The summed E-state index contributed by atoms with van der Waals surface area (Å²) in [5, 5.41) is 0.